The van der Waals surface area contributed by atoms with Crippen LogP contribution in [0.4, 0.5) is 0 Å². The predicted octanol–water partition coefficient (Wildman–Crippen LogP) is 2.15. The van der Waals surface area contributed by atoms with Crippen molar-refractivity contribution >= 4 is 5.91 Å². The molecule has 1 aromatic carbocycles. The molecule has 3 fully saturated rings. The molecular weight excluding hydrogens is 326 g/mol. The molecule has 142 valence electrons. The van der Waals surface area contributed by atoms with Crippen LogP contribution in [0.5, 0.6) is 0 Å². The maximum atomic E-state index is 12.8. The normalized spacial score (nSPS) is 27.7. The molecule has 2 saturated heterocycles. The Bertz CT molecular complexity index is 603. The summed E-state index contributed by atoms with van der Waals surface area (Å²) in [5.74, 6) is 0.279. The molecule has 0 radical (unpaired) electrons. The molecule has 0 aromatic heterocycles. The smallest absolute Gasteiger partial charge is 0.236 e. The van der Waals surface area contributed by atoms with Crippen molar-refractivity contribution < 1.29 is 9.53 Å². The Morgan fingerprint density at radius 2 is 1.92 bits per heavy atom. The molecule has 3 aliphatic rings. The summed E-state index contributed by atoms with van der Waals surface area (Å²) in [5, 5.41) is 0. The van der Waals surface area contributed by atoms with E-state index in [-0.39, 0.29) is 5.91 Å². The molecule has 2 heterocycles. The molecule has 0 bridgehead atoms. The Morgan fingerprint density at radius 1 is 1.15 bits per heavy atom. The third-order valence-electron chi connectivity index (χ3n) is 6.38. The van der Waals surface area contributed by atoms with Gasteiger partial charge in [0.2, 0.25) is 5.91 Å². The van der Waals surface area contributed by atoms with Crippen LogP contribution in [0.25, 0.3) is 0 Å². The molecule has 5 nitrogen and oxygen atoms in total. The molecule has 1 aliphatic carbocycles. The van der Waals surface area contributed by atoms with Gasteiger partial charge in [0.15, 0.2) is 0 Å². The van der Waals surface area contributed by atoms with Gasteiger partial charge in [-0.2, -0.15) is 0 Å². The Kier molecular flexibility index (Phi) is 5.57. The Labute approximate surface area is 156 Å². The van der Waals surface area contributed by atoms with Crippen LogP contribution in [0, 0.1) is 0 Å². The van der Waals surface area contributed by atoms with Crippen LogP contribution in [-0.4, -0.2) is 79.1 Å². The van der Waals surface area contributed by atoms with Gasteiger partial charge in [0.25, 0.3) is 0 Å². The Hall–Kier alpha value is -1.43. The summed E-state index contributed by atoms with van der Waals surface area (Å²) in [7, 11) is 2.11. The van der Waals surface area contributed by atoms with Gasteiger partial charge in [-0.15, -0.1) is 0 Å². The first kappa shape index (κ1) is 18.0. The lowest BCUT2D eigenvalue weighted by Gasteiger charge is -2.48. The van der Waals surface area contributed by atoms with Crippen molar-refractivity contribution in [2.75, 3.05) is 46.4 Å². The van der Waals surface area contributed by atoms with E-state index >= 15 is 0 Å². The molecule has 2 atom stereocenters. The van der Waals surface area contributed by atoms with Crippen molar-refractivity contribution in [3.05, 3.63) is 35.9 Å². The average molecular weight is 357 g/mol. The minimum Gasteiger partial charge on any atom is -0.378 e. The highest BCUT2D eigenvalue weighted by atomic mass is 16.5. The second-order valence-corrected chi connectivity index (χ2v) is 8.05. The summed E-state index contributed by atoms with van der Waals surface area (Å²) in [4.78, 5) is 19.7. The molecule has 4 rings (SSSR count). The monoisotopic (exact) mass is 357 g/mol. The first-order valence-electron chi connectivity index (χ1n) is 10.1. The van der Waals surface area contributed by atoms with Crippen LogP contribution < -0.4 is 0 Å². The average Bonchev–Trinajstić information content (AvgIpc) is 3.22. The highest BCUT2D eigenvalue weighted by Gasteiger charge is 2.37. The number of morpholine rings is 1. The quantitative estimate of drug-likeness (QED) is 0.827. The number of carbonyl (C=O) groups excluding carboxylic acids is 1. The number of piperazine rings is 1. The molecule has 1 amide bonds. The largest absolute Gasteiger partial charge is 0.378 e. The molecule has 1 saturated carbocycles. The lowest BCUT2D eigenvalue weighted by atomic mass is 10.00. The van der Waals surface area contributed by atoms with Gasteiger partial charge in [0.05, 0.1) is 31.8 Å². The molecule has 0 N–H and O–H groups in total. The topological polar surface area (TPSA) is 36.0 Å². The number of nitrogens with zero attached hydrogens (tertiary/aromatic N) is 3. The maximum Gasteiger partial charge on any atom is 0.236 e. The minimum atomic E-state index is 0.279. The SMILES string of the molecule is CN(CC(=O)N1CCN2[C@@H](COC[C@@H]2c2ccccc2)C1)C1CCCC1. The fourth-order valence-corrected chi connectivity index (χ4v) is 4.82. The Morgan fingerprint density at radius 3 is 2.69 bits per heavy atom. The van der Waals surface area contributed by atoms with Gasteiger partial charge in [0.1, 0.15) is 0 Å². The van der Waals surface area contributed by atoms with E-state index in [9.17, 15) is 4.79 Å². The third-order valence-corrected chi connectivity index (χ3v) is 6.38. The van der Waals surface area contributed by atoms with Crippen LogP contribution in [0.15, 0.2) is 30.3 Å². The van der Waals surface area contributed by atoms with Gasteiger partial charge in [-0.1, -0.05) is 43.2 Å². The molecular formula is C21H31N3O2. The van der Waals surface area contributed by atoms with Gasteiger partial charge >= 0.3 is 0 Å². The molecule has 1 aromatic rings. The predicted molar refractivity (Wildman–Crippen MR) is 102 cm³/mol. The number of likely N-dealkylation sites (N-methyl/N-ethyl adjacent to an activating group) is 1. The summed E-state index contributed by atoms with van der Waals surface area (Å²) in [6, 6.07) is 11.8. The molecule has 26 heavy (non-hydrogen) atoms. The highest BCUT2D eigenvalue weighted by molar-refractivity contribution is 5.78. The van der Waals surface area contributed by atoms with Crippen molar-refractivity contribution in [3.63, 3.8) is 0 Å². The second kappa shape index (κ2) is 8.07. The van der Waals surface area contributed by atoms with E-state index < -0.39 is 0 Å². The van der Waals surface area contributed by atoms with Gasteiger partial charge in [-0.25, -0.2) is 0 Å². The highest BCUT2D eigenvalue weighted by Crippen LogP contribution is 2.29. The number of hydrogen-bond donors (Lipinski definition) is 0. The van der Waals surface area contributed by atoms with Crippen molar-refractivity contribution in [2.24, 2.45) is 0 Å². The number of amides is 1. The summed E-state index contributed by atoms with van der Waals surface area (Å²) < 4.78 is 5.91. The van der Waals surface area contributed by atoms with Crippen molar-refractivity contribution in [1.82, 2.24) is 14.7 Å². The third kappa shape index (κ3) is 3.80. The van der Waals surface area contributed by atoms with Crippen molar-refractivity contribution in [2.45, 2.75) is 43.8 Å². The van der Waals surface area contributed by atoms with E-state index in [1.54, 1.807) is 0 Å². The Balaban J connectivity index is 1.36. The zero-order valence-corrected chi connectivity index (χ0v) is 15.8. The van der Waals surface area contributed by atoms with E-state index in [1.165, 1.54) is 31.2 Å². The van der Waals surface area contributed by atoms with Gasteiger partial charge in [-0.3, -0.25) is 14.6 Å². The van der Waals surface area contributed by atoms with Crippen LogP contribution in [0.2, 0.25) is 0 Å². The lowest BCUT2D eigenvalue weighted by Crippen LogP contribution is -2.60. The van der Waals surface area contributed by atoms with Crippen LogP contribution >= 0.6 is 0 Å². The number of fused-ring (bicyclic) bond motifs is 1. The maximum absolute atomic E-state index is 12.8. The first-order chi connectivity index (χ1) is 12.7. The second-order valence-electron chi connectivity index (χ2n) is 8.05. The molecule has 0 unspecified atom stereocenters. The number of rotatable bonds is 4. The fourth-order valence-electron chi connectivity index (χ4n) is 4.82. The standard InChI is InChI=1S/C21H31N3O2/c1-22(18-9-5-6-10-18)14-21(25)23-11-12-24-19(13-23)15-26-16-20(24)17-7-3-2-4-8-17/h2-4,7-8,18-20H,5-6,9-16H2,1H3/t19-,20-/m1/s1. The zero-order valence-electron chi connectivity index (χ0n) is 15.8. The summed E-state index contributed by atoms with van der Waals surface area (Å²) in [6.07, 6.45) is 5.10. The molecule has 0 spiro atoms. The van der Waals surface area contributed by atoms with Gasteiger partial charge in [-0.05, 0) is 25.5 Å². The van der Waals surface area contributed by atoms with Crippen LogP contribution in [0.3, 0.4) is 0 Å². The van der Waals surface area contributed by atoms with E-state index in [4.69, 9.17) is 4.74 Å². The first-order valence-corrected chi connectivity index (χ1v) is 10.1. The summed E-state index contributed by atoms with van der Waals surface area (Å²) in [6.45, 7) is 4.59. The summed E-state index contributed by atoms with van der Waals surface area (Å²) in [5.41, 5.74) is 1.32. The van der Waals surface area contributed by atoms with Crippen molar-refractivity contribution in [1.29, 1.82) is 0 Å². The van der Waals surface area contributed by atoms with Crippen LogP contribution in [0.1, 0.15) is 37.3 Å². The molecule has 5 heteroatoms. The van der Waals surface area contributed by atoms with Gasteiger partial charge in [0, 0.05) is 25.7 Å². The number of ether oxygens (including phenoxy) is 1. The van der Waals surface area contributed by atoms with E-state index in [0.717, 1.165) is 32.8 Å². The van der Waals surface area contributed by atoms with E-state index in [0.29, 0.717) is 24.7 Å². The minimum absolute atomic E-state index is 0.279. The number of carbonyl (C=O) groups is 1. The van der Waals surface area contributed by atoms with Crippen LogP contribution in [-0.2, 0) is 9.53 Å². The number of hydrogen-bond acceptors (Lipinski definition) is 4. The zero-order chi connectivity index (χ0) is 17.9. The fraction of sp³-hybridized carbons (Fsp3) is 0.667. The van der Waals surface area contributed by atoms with E-state index in [1.807, 2.05) is 0 Å². The lowest BCUT2D eigenvalue weighted by molar-refractivity contribution is -0.141. The number of benzene rings is 1. The van der Waals surface area contributed by atoms with Crippen molar-refractivity contribution in [3.8, 4) is 0 Å². The van der Waals surface area contributed by atoms with Gasteiger partial charge < -0.3 is 9.64 Å². The molecule has 2 aliphatic heterocycles. The van der Waals surface area contributed by atoms with E-state index in [2.05, 4.69) is 52.1 Å². The summed E-state index contributed by atoms with van der Waals surface area (Å²) >= 11 is 0.